The first-order valence-corrected chi connectivity index (χ1v) is 10.9. The Kier molecular flexibility index (Phi) is 5.22. The molecular formula is C20H20N2O2S2. The fraction of sp³-hybridized carbons (Fsp3) is 0.300. The van der Waals surface area contributed by atoms with Crippen molar-refractivity contribution >= 4 is 45.9 Å². The molecule has 2 aliphatic carbocycles. The van der Waals surface area contributed by atoms with Crippen molar-refractivity contribution in [1.29, 1.82) is 0 Å². The third-order valence-electron chi connectivity index (χ3n) is 4.55. The number of rotatable bonds is 9. The van der Waals surface area contributed by atoms with Gasteiger partial charge in [-0.2, -0.15) is 0 Å². The van der Waals surface area contributed by atoms with Crippen LogP contribution in [0.3, 0.4) is 0 Å². The van der Waals surface area contributed by atoms with E-state index < -0.39 is 0 Å². The van der Waals surface area contributed by atoms with E-state index in [0.29, 0.717) is 12.1 Å². The number of nitrogens with zero attached hydrogens (tertiary/aromatic N) is 2. The zero-order valence-electron chi connectivity index (χ0n) is 14.3. The third kappa shape index (κ3) is 3.76. The number of para-hydroxylation sites is 2. The van der Waals surface area contributed by atoms with Gasteiger partial charge in [-0.25, -0.2) is 0 Å². The number of carbonyl (C=O) groups is 2. The highest BCUT2D eigenvalue weighted by Gasteiger charge is 2.35. The second kappa shape index (κ2) is 7.76. The minimum atomic E-state index is 0.468. The molecule has 0 radical (unpaired) electrons. The molecule has 0 bridgehead atoms. The smallest absolute Gasteiger partial charge is 0.152 e. The minimum Gasteiger partial charge on any atom is -0.302 e. The predicted octanol–water partition coefficient (Wildman–Crippen LogP) is 5.16. The molecule has 6 heteroatoms. The third-order valence-corrected chi connectivity index (χ3v) is 7.09. The number of hydrogen-bond donors (Lipinski definition) is 0. The van der Waals surface area contributed by atoms with Gasteiger partial charge in [-0.15, -0.1) is 0 Å². The van der Waals surface area contributed by atoms with Crippen molar-refractivity contribution < 1.29 is 9.59 Å². The van der Waals surface area contributed by atoms with Crippen molar-refractivity contribution in [3.8, 4) is 0 Å². The molecule has 0 atom stereocenters. The van der Waals surface area contributed by atoms with Crippen LogP contribution in [0.25, 0.3) is 0 Å². The SMILES string of the molecule is O=Cc1ccccc1N(SSN(c1ccccc1C=O)C1CC1)C1CC1. The molecule has 0 aromatic heterocycles. The van der Waals surface area contributed by atoms with Crippen molar-refractivity contribution in [2.45, 2.75) is 37.8 Å². The Labute approximate surface area is 161 Å². The average Bonchev–Trinajstić information content (AvgIpc) is 3.58. The van der Waals surface area contributed by atoms with Crippen LogP contribution >= 0.6 is 22.0 Å². The summed E-state index contributed by atoms with van der Waals surface area (Å²) in [5.74, 6) is 0. The normalized spacial score (nSPS) is 16.2. The van der Waals surface area contributed by atoms with Crippen LogP contribution in [0, 0.1) is 0 Å². The van der Waals surface area contributed by atoms with Crippen molar-refractivity contribution in [1.82, 2.24) is 0 Å². The van der Waals surface area contributed by atoms with Crippen molar-refractivity contribution in [3.05, 3.63) is 59.7 Å². The van der Waals surface area contributed by atoms with Gasteiger partial charge in [0, 0.05) is 45.2 Å². The molecule has 0 amide bonds. The van der Waals surface area contributed by atoms with Gasteiger partial charge in [-0.05, 0) is 49.9 Å². The summed E-state index contributed by atoms with van der Waals surface area (Å²) < 4.78 is 4.51. The number of aldehydes is 2. The zero-order chi connectivity index (χ0) is 17.9. The molecule has 0 aliphatic heterocycles. The molecule has 2 aliphatic rings. The van der Waals surface area contributed by atoms with E-state index in [0.717, 1.165) is 60.8 Å². The second-order valence-electron chi connectivity index (χ2n) is 6.62. The Morgan fingerprint density at radius 2 is 1.08 bits per heavy atom. The van der Waals surface area contributed by atoms with Crippen molar-refractivity contribution in [3.63, 3.8) is 0 Å². The minimum absolute atomic E-state index is 0.468. The number of hydrogen-bond acceptors (Lipinski definition) is 6. The first-order chi connectivity index (χ1) is 12.8. The Hall–Kier alpha value is -1.92. The Balaban J connectivity index is 1.56. The highest BCUT2D eigenvalue weighted by Crippen LogP contribution is 2.48. The molecule has 0 heterocycles. The maximum atomic E-state index is 11.4. The molecule has 2 fully saturated rings. The summed E-state index contributed by atoms with van der Waals surface area (Å²) in [5, 5.41) is 0. The van der Waals surface area contributed by atoms with Crippen LogP contribution < -0.4 is 8.61 Å². The van der Waals surface area contributed by atoms with Crippen LogP contribution in [-0.4, -0.2) is 24.7 Å². The van der Waals surface area contributed by atoms with Gasteiger partial charge >= 0.3 is 0 Å². The van der Waals surface area contributed by atoms with Gasteiger partial charge < -0.3 is 8.61 Å². The topological polar surface area (TPSA) is 40.6 Å². The Morgan fingerprint density at radius 1 is 0.692 bits per heavy atom. The van der Waals surface area contributed by atoms with Crippen LogP contribution in [0.2, 0.25) is 0 Å². The van der Waals surface area contributed by atoms with Crippen LogP contribution in [-0.2, 0) is 0 Å². The largest absolute Gasteiger partial charge is 0.302 e. The quantitative estimate of drug-likeness (QED) is 0.338. The molecule has 2 aromatic carbocycles. The summed E-state index contributed by atoms with van der Waals surface area (Å²) in [6.07, 6.45) is 6.45. The molecule has 0 N–H and O–H groups in total. The standard InChI is InChI=1S/C20H20N2O2S2/c23-13-15-5-1-3-7-19(15)21(17-9-10-17)25-26-22(18-11-12-18)20-8-4-2-6-16(20)14-24/h1-8,13-14,17-18H,9-12H2. The summed E-state index contributed by atoms with van der Waals surface area (Å²) >= 11 is 0. The summed E-state index contributed by atoms with van der Waals surface area (Å²) in [5.41, 5.74) is 3.39. The van der Waals surface area contributed by atoms with Gasteiger partial charge in [0.05, 0.1) is 11.4 Å². The fourth-order valence-corrected chi connectivity index (χ4v) is 5.81. The zero-order valence-corrected chi connectivity index (χ0v) is 15.9. The van der Waals surface area contributed by atoms with Gasteiger partial charge in [-0.1, -0.05) is 24.3 Å². The molecule has 0 unspecified atom stereocenters. The molecule has 0 saturated heterocycles. The molecule has 4 rings (SSSR count). The number of anilines is 2. The monoisotopic (exact) mass is 384 g/mol. The summed E-state index contributed by atoms with van der Waals surface area (Å²) in [6, 6.07) is 16.4. The first kappa shape index (κ1) is 17.5. The number of carbonyl (C=O) groups excluding carboxylic acids is 2. The summed E-state index contributed by atoms with van der Waals surface area (Å²) in [6.45, 7) is 0. The highest BCUT2D eigenvalue weighted by atomic mass is 33.1. The molecule has 134 valence electrons. The predicted molar refractivity (Wildman–Crippen MR) is 110 cm³/mol. The molecule has 2 aromatic rings. The van der Waals surface area contributed by atoms with E-state index in [2.05, 4.69) is 8.61 Å². The highest BCUT2D eigenvalue weighted by molar-refractivity contribution is 8.77. The average molecular weight is 385 g/mol. The molecular weight excluding hydrogens is 364 g/mol. The van der Waals surface area contributed by atoms with Gasteiger partial charge in [0.15, 0.2) is 12.6 Å². The van der Waals surface area contributed by atoms with Crippen LogP contribution in [0.1, 0.15) is 46.4 Å². The Morgan fingerprint density at radius 3 is 1.42 bits per heavy atom. The van der Waals surface area contributed by atoms with Crippen LogP contribution in [0.15, 0.2) is 48.5 Å². The van der Waals surface area contributed by atoms with E-state index in [9.17, 15) is 9.59 Å². The van der Waals surface area contributed by atoms with Gasteiger partial charge in [0.2, 0.25) is 0 Å². The van der Waals surface area contributed by atoms with Gasteiger partial charge in [-0.3, -0.25) is 9.59 Å². The van der Waals surface area contributed by atoms with E-state index in [1.165, 1.54) is 0 Å². The molecule has 26 heavy (non-hydrogen) atoms. The second-order valence-corrected chi connectivity index (χ2v) is 8.60. The van der Waals surface area contributed by atoms with Gasteiger partial charge in [0.1, 0.15) is 0 Å². The van der Waals surface area contributed by atoms with Crippen LogP contribution in [0.4, 0.5) is 11.4 Å². The lowest BCUT2D eigenvalue weighted by atomic mass is 10.2. The lowest BCUT2D eigenvalue weighted by Crippen LogP contribution is -2.22. The summed E-state index contributed by atoms with van der Waals surface area (Å²) in [7, 11) is 3.33. The maximum absolute atomic E-state index is 11.4. The lowest BCUT2D eigenvalue weighted by Gasteiger charge is -2.29. The van der Waals surface area contributed by atoms with Gasteiger partial charge in [0.25, 0.3) is 0 Å². The van der Waals surface area contributed by atoms with E-state index in [4.69, 9.17) is 0 Å². The molecule has 0 spiro atoms. The summed E-state index contributed by atoms with van der Waals surface area (Å²) in [4.78, 5) is 22.9. The van der Waals surface area contributed by atoms with E-state index >= 15 is 0 Å². The number of benzene rings is 2. The Bertz CT molecular complexity index is 738. The van der Waals surface area contributed by atoms with E-state index in [1.54, 1.807) is 22.0 Å². The van der Waals surface area contributed by atoms with E-state index in [1.807, 2.05) is 48.5 Å². The first-order valence-electron chi connectivity index (χ1n) is 8.83. The van der Waals surface area contributed by atoms with E-state index in [-0.39, 0.29) is 0 Å². The van der Waals surface area contributed by atoms with Crippen molar-refractivity contribution in [2.75, 3.05) is 8.61 Å². The molecule has 2 saturated carbocycles. The maximum Gasteiger partial charge on any atom is 0.152 e. The molecule has 4 nitrogen and oxygen atoms in total. The van der Waals surface area contributed by atoms with Crippen molar-refractivity contribution in [2.24, 2.45) is 0 Å². The van der Waals surface area contributed by atoms with Crippen LogP contribution in [0.5, 0.6) is 0 Å². The lowest BCUT2D eigenvalue weighted by molar-refractivity contribution is 0.111. The fourth-order valence-electron chi connectivity index (χ4n) is 2.86.